The Kier molecular flexibility index (Phi) is 4.88. The highest BCUT2D eigenvalue weighted by Gasteiger charge is 2.07. The fourth-order valence-corrected chi connectivity index (χ4v) is 1.71. The fraction of sp³-hybridized carbons (Fsp3) is 0.385. The van der Waals surface area contributed by atoms with Crippen LogP contribution >= 0.6 is 0 Å². The number of aromatic nitrogens is 2. The van der Waals surface area contributed by atoms with E-state index < -0.39 is 0 Å². The van der Waals surface area contributed by atoms with Crippen molar-refractivity contribution in [1.82, 2.24) is 15.5 Å². The van der Waals surface area contributed by atoms with Gasteiger partial charge in [-0.3, -0.25) is 0 Å². The lowest BCUT2D eigenvalue weighted by molar-refractivity contribution is 0.202. The number of ether oxygens (including phenoxy) is 1. The Balaban J connectivity index is 2.08. The van der Waals surface area contributed by atoms with Gasteiger partial charge in [-0.25, -0.2) is 0 Å². The molecule has 0 amide bonds. The number of nitrogens with one attached hydrogen (secondary N) is 2. The minimum atomic E-state index is 0.398. The van der Waals surface area contributed by atoms with E-state index in [-0.39, 0.29) is 0 Å². The number of anilines is 2. The van der Waals surface area contributed by atoms with Crippen LogP contribution in [0.3, 0.4) is 0 Å². The van der Waals surface area contributed by atoms with Crippen LogP contribution in [0.5, 0.6) is 0 Å². The molecule has 6 heteroatoms. The average Bonchev–Trinajstić information content (AvgIpc) is 2.86. The molecular formula is C13H18N4O2. The van der Waals surface area contributed by atoms with E-state index >= 15 is 0 Å². The van der Waals surface area contributed by atoms with Crippen molar-refractivity contribution >= 4 is 11.7 Å². The number of hydrogen-bond donors (Lipinski definition) is 2. The summed E-state index contributed by atoms with van der Waals surface area (Å²) in [6, 6.07) is 8.38. The van der Waals surface area contributed by atoms with Gasteiger partial charge in [0.05, 0.1) is 13.2 Å². The van der Waals surface area contributed by atoms with Crippen LogP contribution in [0.1, 0.15) is 11.5 Å². The molecule has 102 valence electrons. The second-order valence-corrected chi connectivity index (χ2v) is 4.06. The molecule has 0 bridgehead atoms. The third kappa shape index (κ3) is 3.77. The van der Waals surface area contributed by atoms with Gasteiger partial charge in [0.15, 0.2) is 0 Å². The first kappa shape index (κ1) is 13.5. The topological polar surface area (TPSA) is 72.2 Å². The SMILES string of the molecule is CNCc1nnc(Nc2ccccc2CCOC)o1. The monoisotopic (exact) mass is 262 g/mol. The first-order chi connectivity index (χ1) is 9.33. The molecule has 0 radical (unpaired) electrons. The van der Waals surface area contributed by atoms with Crippen LogP contribution in [0.25, 0.3) is 0 Å². The third-order valence-corrected chi connectivity index (χ3v) is 2.63. The van der Waals surface area contributed by atoms with Gasteiger partial charge in [0.1, 0.15) is 0 Å². The van der Waals surface area contributed by atoms with Crippen LogP contribution in [-0.2, 0) is 17.7 Å². The lowest BCUT2D eigenvalue weighted by Gasteiger charge is -2.08. The summed E-state index contributed by atoms with van der Waals surface area (Å²) < 4.78 is 10.6. The summed E-state index contributed by atoms with van der Waals surface area (Å²) >= 11 is 0. The molecule has 0 saturated carbocycles. The van der Waals surface area contributed by atoms with E-state index in [1.54, 1.807) is 7.11 Å². The summed E-state index contributed by atoms with van der Waals surface area (Å²) in [4.78, 5) is 0. The van der Waals surface area contributed by atoms with Gasteiger partial charge in [0.2, 0.25) is 5.89 Å². The van der Waals surface area contributed by atoms with Crippen LogP contribution in [0.15, 0.2) is 28.7 Å². The van der Waals surface area contributed by atoms with Crippen LogP contribution < -0.4 is 10.6 Å². The summed E-state index contributed by atoms with van der Waals surface area (Å²) in [5.41, 5.74) is 2.11. The molecule has 6 nitrogen and oxygen atoms in total. The van der Waals surface area contributed by atoms with E-state index in [0.29, 0.717) is 25.1 Å². The van der Waals surface area contributed by atoms with Crippen molar-refractivity contribution in [3.63, 3.8) is 0 Å². The van der Waals surface area contributed by atoms with E-state index in [1.807, 2.05) is 31.3 Å². The van der Waals surface area contributed by atoms with Crippen LogP contribution in [0.2, 0.25) is 0 Å². The van der Waals surface area contributed by atoms with Crippen LogP contribution in [-0.4, -0.2) is 31.0 Å². The van der Waals surface area contributed by atoms with Crippen LogP contribution in [0, 0.1) is 0 Å². The Morgan fingerprint density at radius 1 is 1.26 bits per heavy atom. The molecule has 0 unspecified atom stereocenters. The molecule has 0 saturated heterocycles. The van der Waals surface area contributed by atoms with Gasteiger partial charge < -0.3 is 19.8 Å². The highest BCUT2D eigenvalue weighted by atomic mass is 16.5. The highest BCUT2D eigenvalue weighted by Crippen LogP contribution is 2.20. The second-order valence-electron chi connectivity index (χ2n) is 4.06. The van der Waals surface area contributed by atoms with Crippen molar-refractivity contribution in [2.45, 2.75) is 13.0 Å². The normalized spacial score (nSPS) is 10.6. The van der Waals surface area contributed by atoms with E-state index in [9.17, 15) is 0 Å². The average molecular weight is 262 g/mol. The first-order valence-corrected chi connectivity index (χ1v) is 6.14. The van der Waals surface area contributed by atoms with Gasteiger partial charge in [-0.15, -0.1) is 5.10 Å². The third-order valence-electron chi connectivity index (χ3n) is 2.63. The van der Waals surface area contributed by atoms with Crippen molar-refractivity contribution < 1.29 is 9.15 Å². The Morgan fingerprint density at radius 2 is 2.11 bits per heavy atom. The van der Waals surface area contributed by atoms with Crippen molar-refractivity contribution in [3.05, 3.63) is 35.7 Å². The van der Waals surface area contributed by atoms with Crippen LogP contribution in [0.4, 0.5) is 11.7 Å². The quantitative estimate of drug-likeness (QED) is 0.791. The minimum Gasteiger partial charge on any atom is -0.406 e. The summed E-state index contributed by atoms with van der Waals surface area (Å²) in [7, 11) is 3.52. The smallest absolute Gasteiger partial charge is 0.320 e. The lowest BCUT2D eigenvalue weighted by Crippen LogP contribution is -2.04. The molecule has 1 aromatic heterocycles. The van der Waals surface area contributed by atoms with Crippen molar-refractivity contribution in [2.24, 2.45) is 0 Å². The Hall–Kier alpha value is -1.92. The molecule has 2 N–H and O–H groups in total. The van der Waals surface area contributed by atoms with Gasteiger partial charge in [-0.1, -0.05) is 23.3 Å². The van der Waals surface area contributed by atoms with Gasteiger partial charge >= 0.3 is 6.01 Å². The lowest BCUT2D eigenvalue weighted by atomic mass is 10.1. The Bertz CT molecular complexity index is 513. The zero-order valence-electron chi connectivity index (χ0n) is 11.1. The largest absolute Gasteiger partial charge is 0.406 e. The molecular weight excluding hydrogens is 244 g/mol. The summed E-state index contributed by atoms with van der Waals surface area (Å²) in [5.74, 6) is 0.555. The molecule has 2 rings (SSSR count). The highest BCUT2D eigenvalue weighted by molar-refractivity contribution is 5.57. The maximum Gasteiger partial charge on any atom is 0.320 e. The first-order valence-electron chi connectivity index (χ1n) is 6.14. The maximum atomic E-state index is 5.46. The fourth-order valence-electron chi connectivity index (χ4n) is 1.71. The van der Waals surface area contributed by atoms with E-state index in [2.05, 4.69) is 20.8 Å². The zero-order chi connectivity index (χ0) is 13.5. The van der Waals surface area contributed by atoms with Crippen molar-refractivity contribution in [2.75, 3.05) is 26.1 Å². The summed E-state index contributed by atoms with van der Waals surface area (Å²) in [5, 5.41) is 14.0. The molecule has 0 fully saturated rings. The van der Waals surface area contributed by atoms with Gasteiger partial charge in [-0.2, -0.15) is 0 Å². The summed E-state index contributed by atoms with van der Waals surface area (Å²) in [6.07, 6.45) is 0.831. The number of para-hydroxylation sites is 1. The number of methoxy groups -OCH3 is 1. The summed E-state index contributed by atoms with van der Waals surface area (Å²) in [6.45, 7) is 1.23. The molecule has 0 aliphatic rings. The Labute approximate surface area is 112 Å². The van der Waals surface area contributed by atoms with E-state index in [4.69, 9.17) is 9.15 Å². The molecule has 0 aliphatic carbocycles. The van der Waals surface area contributed by atoms with E-state index in [0.717, 1.165) is 17.7 Å². The predicted octanol–water partition coefficient (Wildman–Crippen LogP) is 1.72. The zero-order valence-corrected chi connectivity index (χ0v) is 11.1. The molecule has 19 heavy (non-hydrogen) atoms. The van der Waals surface area contributed by atoms with Gasteiger partial charge in [0, 0.05) is 12.8 Å². The molecule has 1 heterocycles. The maximum absolute atomic E-state index is 5.46. The minimum absolute atomic E-state index is 0.398. The molecule has 2 aromatic rings. The number of benzene rings is 1. The Morgan fingerprint density at radius 3 is 2.89 bits per heavy atom. The standard InChI is InChI=1S/C13H18N4O2/c1-14-9-12-16-17-13(19-12)15-11-6-4-3-5-10(11)7-8-18-2/h3-6,14H,7-9H2,1-2H3,(H,15,17). The molecule has 1 aromatic carbocycles. The molecule has 0 atom stereocenters. The molecule has 0 spiro atoms. The predicted molar refractivity (Wildman–Crippen MR) is 72.4 cm³/mol. The number of hydrogen-bond acceptors (Lipinski definition) is 6. The van der Waals surface area contributed by atoms with E-state index in [1.165, 1.54) is 0 Å². The molecule has 0 aliphatic heterocycles. The number of rotatable bonds is 7. The van der Waals surface area contributed by atoms with Crippen molar-refractivity contribution in [3.8, 4) is 0 Å². The second kappa shape index (κ2) is 6.86. The number of nitrogens with zero attached hydrogens (tertiary/aromatic N) is 2. The van der Waals surface area contributed by atoms with Crippen molar-refractivity contribution in [1.29, 1.82) is 0 Å². The van der Waals surface area contributed by atoms with Gasteiger partial charge in [-0.05, 0) is 25.1 Å². The van der Waals surface area contributed by atoms with Gasteiger partial charge in [0.25, 0.3) is 0 Å².